The fourth-order valence-corrected chi connectivity index (χ4v) is 2.59. The molecule has 3 rings (SSSR count). The van der Waals surface area contributed by atoms with Gasteiger partial charge < -0.3 is 19.8 Å². The molecule has 3 aromatic rings. The van der Waals surface area contributed by atoms with Gasteiger partial charge >= 0.3 is 5.63 Å². The molecule has 0 atom stereocenters. The Balaban J connectivity index is 1.70. The van der Waals surface area contributed by atoms with Gasteiger partial charge in [-0.1, -0.05) is 30.3 Å². The van der Waals surface area contributed by atoms with E-state index in [1.165, 1.54) is 13.2 Å². The van der Waals surface area contributed by atoms with Crippen molar-refractivity contribution in [1.82, 2.24) is 5.32 Å². The number of benzene rings is 2. The highest BCUT2D eigenvalue weighted by molar-refractivity contribution is 5.96. The van der Waals surface area contributed by atoms with E-state index >= 15 is 0 Å². The molecule has 27 heavy (non-hydrogen) atoms. The highest BCUT2D eigenvalue weighted by Gasteiger charge is 2.13. The Kier molecular flexibility index (Phi) is 5.63. The second kappa shape index (κ2) is 8.29. The molecule has 0 spiro atoms. The third kappa shape index (κ3) is 4.59. The lowest BCUT2D eigenvalue weighted by atomic mass is 10.1. The summed E-state index contributed by atoms with van der Waals surface area (Å²) in [5, 5.41) is 6.05. The topological polar surface area (TPSA) is 97.6 Å². The van der Waals surface area contributed by atoms with Gasteiger partial charge in [-0.15, -0.1) is 0 Å². The Labute approximate surface area is 154 Å². The first-order valence-corrected chi connectivity index (χ1v) is 8.25. The summed E-state index contributed by atoms with van der Waals surface area (Å²) >= 11 is 0. The fourth-order valence-electron chi connectivity index (χ4n) is 2.59. The van der Waals surface area contributed by atoms with Crippen molar-refractivity contribution in [3.05, 3.63) is 76.1 Å². The van der Waals surface area contributed by atoms with E-state index in [0.29, 0.717) is 16.7 Å². The second-order valence-electron chi connectivity index (χ2n) is 5.85. The van der Waals surface area contributed by atoms with Crippen LogP contribution in [-0.2, 0) is 16.1 Å². The Morgan fingerprint density at radius 2 is 1.89 bits per heavy atom. The lowest BCUT2D eigenvalue weighted by Crippen LogP contribution is -2.27. The molecule has 0 aliphatic rings. The number of methoxy groups -OCH3 is 1. The number of carbonyl (C=O) groups is 2. The summed E-state index contributed by atoms with van der Waals surface area (Å²) in [6, 6.07) is 15.5. The van der Waals surface area contributed by atoms with Gasteiger partial charge in [0, 0.05) is 24.7 Å². The number of ether oxygens (including phenoxy) is 1. The monoisotopic (exact) mass is 366 g/mol. The van der Waals surface area contributed by atoms with Crippen molar-refractivity contribution < 1.29 is 18.7 Å². The molecule has 0 saturated carbocycles. The molecule has 1 aromatic heterocycles. The van der Waals surface area contributed by atoms with Crippen molar-refractivity contribution in [3.8, 4) is 0 Å². The first-order chi connectivity index (χ1) is 13.1. The van der Waals surface area contributed by atoms with Crippen LogP contribution in [0.25, 0.3) is 11.0 Å². The first kappa shape index (κ1) is 18.3. The van der Waals surface area contributed by atoms with Crippen LogP contribution in [0, 0.1) is 0 Å². The van der Waals surface area contributed by atoms with E-state index in [0.717, 1.165) is 5.56 Å². The number of hydrogen-bond donors (Lipinski definition) is 2. The highest BCUT2D eigenvalue weighted by atomic mass is 16.5. The molecule has 0 fully saturated rings. The largest absolute Gasteiger partial charge is 0.422 e. The SMILES string of the molecule is COCC(=O)Nc1cccc(CNC(=O)c2cc3ccccc3oc2=O)c1. The van der Waals surface area contributed by atoms with Gasteiger partial charge in [0.25, 0.3) is 5.91 Å². The Morgan fingerprint density at radius 1 is 1.07 bits per heavy atom. The Hall–Kier alpha value is -3.45. The molecule has 7 nitrogen and oxygen atoms in total. The molecular formula is C20H18N2O5. The van der Waals surface area contributed by atoms with Crippen molar-refractivity contribution in [2.24, 2.45) is 0 Å². The van der Waals surface area contributed by atoms with Gasteiger partial charge in [0.15, 0.2) is 0 Å². The molecule has 0 radical (unpaired) electrons. The van der Waals surface area contributed by atoms with Crippen LogP contribution >= 0.6 is 0 Å². The zero-order valence-electron chi connectivity index (χ0n) is 14.7. The summed E-state index contributed by atoms with van der Waals surface area (Å²) in [5.74, 6) is -0.796. The minimum Gasteiger partial charge on any atom is -0.422 e. The van der Waals surface area contributed by atoms with Gasteiger partial charge in [0.05, 0.1) is 0 Å². The van der Waals surface area contributed by atoms with E-state index in [4.69, 9.17) is 9.15 Å². The summed E-state index contributed by atoms with van der Waals surface area (Å²) in [4.78, 5) is 36.0. The van der Waals surface area contributed by atoms with Gasteiger partial charge in [-0.2, -0.15) is 0 Å². The van der Waals surface area contributed by atoms with Gasteiger partial charge in [-0.3, -0.25) is 9.59 Å². The molecule has 2 N–H and O–H groups in total. The molecule has 0 aliphatic carbocycles. The van der Waals surface area contributed by atoms with Crippen LogP contribution in [-0.4, -0.2) is 25.5 Å². The predicted molar refractivity (Wildman–Crippen MR) is 101 cm³/mol. The van der Waals surface area contributed by atoms with Crippen LogP contribution in [0.1, 0.15) is 15.9 Å². The number of carbonyl (C=O) groups excluding carboxylic acids is 2. The van der Waals surface area contributed by atoms with Crippen LogP contribution < -0.4 is 16.3 Å². The minimum absolute atomic E-state index is 0.0430. The highest BCUT2D eigenvalue weighted by Crippen LogP contribution is 2.13. The molecule has 0 saturated heterocycles. The van der Waals surface area contributed by atoms with Crippen LogP contribution in [0.5, 0.6) is 0 Å². The van der Waals surface area contributed by atoms with Gasteiger partial charge in [-0.25, -0.2) is 4.79 Å². The number of anilines is 1. The molecule has 2 amide bonds. The zero-order valence-corrected chi connectivity index (χ0v) is 14.7. The molecule has 0 unspecified atom stereocenters. The molecular weight excluding hydrogens is 348 g/mol. The van der Waals surface area contributed by atoms with Crippen LogP contribution in [0.15, 0.2) is 63.8 Å². The average molecular weight is 366 g/mol. The minimum atomic E-state index is -0.688. The third-order valence-electron chi connectivity index (χ3n) is 3.83. The van der Waals surface area contributed by atoms with Crippen LogP contribution in [0.3, 0.4) is 0 Å². The van der Waals surface area contributed by atoms with E-state index in [9.17, 15) is 14.4 Å². The van der Waals surface area contributed by atoms with Crippen LogP contribution in [0.2, 0.25) is 0 Å². The van der Waals surface area contributed by atoms with Crippen LogP contribution in [0.4, 0.5) is 5.69 Å². The van der Waals surface area contributed by atoms with Gasteiger partial charge in [0.1, 0.15) is 17.8 Å². The lowest BCUT2D eigenvalue weighted by Gasteiger charge is -2.08. The predicted octanol–water partition coefficient (Wildman–Crippen LogP) is 2.31. The maximum atomic E-state index is 12.4. The summed E-state index contributed by atoms with van der Waals surface area (Å²) < 4.78 is 9.94. The van der Waals surface area contributed by atoms with E-state index in [1.807, 2.05) is 0 Å². The Bertz CT molecular complexity index is 1040. The number of nitrogens with one attached hydrogen (secondary N) is 2. The van der Waals surface area contributed by atoms with Gasteiger partial charge in [0.2, 0.25) is 5.91 Å². The molecule has 138 valence electrons. The molecule has 2 aromatic carbocycles. The maximum Gasteiger partial charge on any atom is 0.349 e. The molecule has 7 heteroatoms. The number of para-hydroxylation sites is 1. The number of rotatable bonds is 6. The maximum absolute atomic E-state index is 12.4. The number of amides is 2. The lowest BCUT2D eigenvalue weighted by molar-refractivity contribution is -0.119. The summed E-state index contributed by atoms with van der Waals surface area (Å²) in [7, 11) is 1.44. The molecule has 0 aliphatic heterocycles. The molecule has 1 heterocycles. The number of fused-ring (bicyclic) bond motifs is 1. The average Bonchev–Trinajstić information content (AvgIpc) is 2.66. The summed E-state index contributed by atoms with van der Waals surface area (Å²) in [5.41, 5.74) is 1.04. The number of hydrogen-bond acceptors (Lipinski definition) is 5. The standard InChI is InChI=1S/C20H18N2O5/c1-26-12-18(23)22-15-7-4-5-13(9-15)11-21-19(24)16-10-14-6-2-3-8-17(14)27-20(16)25/h2-10H,11-12H2,1H3,(H,21,24)(H,22,23). The van der Waals surface area contributed by atoms with Crippen molar-refractivity contribution in [3.63, 3.8) is 0 Å². The van der Waals surface area contributed by atoms with Crippen molar-refractivity contribution in [2.75, 3.05) is 19.0 Å². The normalized spacial score (nSPS) is 10.6. The van der Waals surface area contributed by atoms with E-state index in [2.05, 4.69) is 10.6 Å². The summed E-state index contributed by atoms with van der Waals surface area (Å²) in [6.07, 6.45) is 0. The fraction of sp³-hybridized carbons (Fsp3) is 0.150. The van der Waals surface area contributed by atoms with Crippen molar-refractivity contribution in [2.45, 2.75) is 6.54 Å². The molecule has 0 bridgehead atoms. The smallest absolute Gasteiger partial charge is 0.349 e. The van der Waals surface area contributed by atoms with E-state index in [-0.39, 0.29) is 24.6 Å². The quantitative estimate of drug-likeness (QED) is 0.653. The van der Waals surface area contributed by atoms with Gasteiger partial charge in [-0.05, 0) is 29.8 Å². The summed E-state index contributed by atoms with van der Waals surface area (Å²) in [6.45, 7) is 0.151. The van der Waals surface area contributed by atoms with Crippen molar-refractivity contribution in [1.29, 1.82) is 0 Å². The third-order valence-corrected chi connectivity index (χ3v) is 3.83. The Morgan fingerprint density at radius 3 is 2.70 bits per heavy atom. The zero-order chi connectivity index (χ0) is 19.2. The van der Waals surface area contributed by atoms with E-state index < -0.39 is 11.5 Å². The second-order valence-corrected chi connectivity index (χ2v) is 5.85. The van der Waals surface area contributed by atoms with E-state index in [1.54, 1.807) is 48.5 Å². The first-order valence-electron chi connectivity index (χ1n) is 8.25. The van der Waals surface area contributed by atoms with Crippen molar-refractivity contribution >= 4 is 28.5 Å².